The molecular weight excluding hydrogens is 349 g/mol. The first-order chi connectivity index (χ1) is 12.2. The molecule has 0 atom stereocenters. The predicted octanol–water partition coefficient (Wildman–Crippen LogP) is 2.50. The molecule has 1 heterocycles. The second-order valence-corrected chi connectivity index (χ2v) is 6.42. The number of hydrogen-bond acceptors (Lipinski definition) is 3. The number of benzene rings is 1. The maximum Gasteiger partial charge on any atom is 0.471 e. The zero-order valence-electron chi connectivity index (χ0n) is 14.9. The molecule has 0 N–H and O–H groups in total. The Balaban J connectivity index is 1.80. The zero-order valence-corrected chi connectivity index (χ0v) is 14.9. The Hall–Kier alpha value is -2.25. The Kier molecular flexibility index (Phi) is 6.50. The Bertz CT molecular complexity index is 624. The normalized spacial score (nSPS) is 15.7. The summed E-state index contributed by atoms with van der Waals surface area (Å²) in [6.45, 7) is 0.439. The van der Waals surface area contributed by atoms with Crippen LogP contribution in [-0.2, 0) is 16.0 Å². The van der Waals surface area contributed by atoms with Crippen molar-refractivity contribution in [2.45, 2.75) is 25.4 Å². The SMILES string of the molecule is COc1ccc(CCN(C)C(=O)C2CCN(C(=O)C(F)(F)F)CC2)cc1. The largest absolute Gasteiger partial charge is 0.497 e. The highest BCUT2D eigenvalue weighted by atomic mass is 19.4. The second-order valence-electron chi connectivity index (χ2n) is 6.42. The number of carbonyl (C=O) groups is 2. The topological polar surface area (TPSA) is 49.9 Å². The van der Waals surface area contributed by atoms with Crippen LogP contribution in [-0.4, -0.2) is 61.6 Å². The summed E-state index contributed by atoms with van der Waals surface area (Å²) in [7, 11) is 3.29. The Labute approximate surface area is 150 Å². The number of halogens is 3. The van der Waals surface area contributed by atoms with Gasteiger partial charge in [0.2, 0.25) is 5.91 Å². The van der Waals surface area contributed by atoms with Gasteiger partial charge in [-0.2, -0.15) is 13.2 Å². The van der Waals surface area contributed by atoms with Crippen molar-refractivity contribution in [1.29, 1.82) is 0 Å². The van der Waals surface area contributed by atoms with Gasteiger partial charge in [-0.1, -0.05) is 12.1 Å². The van der Waals surface area contributed by atoms with Crippen LogP contribution >= 0.6 is 0 Å². The molecule has 1 saturated heterocycles. The van der Waals surface area contributed by atoms with Crippen LogP contribution in [0.2, 0.25) is 0 Å². The average molecular weight is 372 g/mol. The van der Waals surface area contributed by atoms with Gasteiger partial charge in [0.15, 0.2) is 0 Å². The summed E-state index contributed by atoms with van der Waals surface area (Å²) in [6.07, 6.45) is -3.66. The minimum Gasteiger partial charge on any atom is -0.497 e. The molecule has 0 unspecified atom stereocenters. The van der Waals surface area contributed by atoms with E-state index in [0.29, 0.717) is 13.0 Å². The molecular formula is C18H23F3N2O3. The monoisotopic (exact) mass is 372 g/mol. The summed E-state index contributed by atoms with van der Waals surface area (Å²) in [4.78, 5) is 26.1. The van der Waals surface area contributed by atoms with Gasteiger partial charge in [-0.05, 0) is 37.0 Å². The average Bonchev–Trinajstić information content (AvgIpc) is 2.64. The third-order valence-corrected chi connectivity index (χ3v) is 4.65. The molecule has 1 fully saturated rings. The quantitative estimate of drug-likeness (QED) is 0.798. The Morgan fingerprint density at radius 3 is 2.27 bits per heavy atom. The molecule has 8 heteroatoms. The number of carbonyl (C=O) groups excluding carboxylic acids is 2. The van der Waals surface area contributed by atoms with Crippen molar-refractivity contribution in [3.05, 3.63) is 29.8 Å². The Morgan fingerprint density at radius 2 is 1.77 bits per heavy atom. The third kappa shape index (κ3) is 5.12. The van der Waals surface area contributed by atoms with Crippen LogP contribution in [0.3, 0.4) is 0 Å². The van der Waals surface area contributed by atoms with E-state index >= 15 is 0 Å². The fraction of sp³-hybridized carbons (Fsp3) is 0.556. The number of nitrogens with zero attached hydrogens (tertiary/aromatic N) is 2. The number of piperidine rings is 1. The Morgan fingerprint density at radius 1 is 1.19 bits per heavy atom. The number of rotatable bonds is 5. The van der Waals surface area contributed by atoms with Gasteiger partial charge in [-0.25, -0.2) is 0 Å². The van der Waals surface area contributed by atoms with Gasteiger partial charge in [-0.15, -0.1) is 0 Å². The van der Waals surface area contributed by atoms with Gasteiger partial charge in [0, 0.05) is 32.6 Å². The molecule has 1 aromatic carbocycles. The fourth-order valence-corrected chi connectivity index (χ4v) is 3.02. The third-order valence-electron chi connectivity index (χ3n) is 4.65. The number of hydrogen-bond donors (Lipinski definition) is 0. The van der Waals surface area contributed by atoms with Crippen LogP contribution < -0.4 is 4.74 Å². The molecule has 26 heavy (non-hydrogen) atoms. The van der Waals surface area contributed by atoms with Crippen molar-refractivity contribution in [3.8, 4) is 5.75 Å². The fourth-order valence-electron chi connectivity index (χ4n) is 3.02. The highest BCUT2D eigenvalue weighted by molar-refractivity contribution is 5.83. The molecule has 1 aromatic rings. The van der Waals surface area contributed by atoms with Crippen LogP contribution in [0.4, 0.5) is 13.2 Å². The number of alkyl halides is 3. The number of likely N-dealkylation sites (tertiary alicyclic amines) is 1. The molecule has 1 aliphatic heterocycles. The van der Waals surface area contributed by atoms with Crippen LogP contribution in [0.15, 0.2) is 24.3 Å². The molecule has 0 saturated carbocycles. The van der Waals surface area contributed by atoms with Crippen molar-refractivity contribution in [2.75, 3.05) is 33.8 Å². The smallest absolute Gasteiger partial charge is 0.471 e. The first-order valence-corrected chi connectivity index (χ1v) is 8.46. The number of methoxy groups -OCH3 is 1. The summed E-state index contributed by atoms with van der Waals surface area (Å²) in [6, 6.07) is 7.56. The van der Waals surface area contributed by atoms with E-state index < -0.39 is 12.1 Å². The van der Waals surface area contributed by atoms with E-state index in [1.54, 1.807) is 19.1 Å². The maximum absolute atomic E-state index is 12.5. The number of amides is 2. The second kappa shape index (κ2) is 8.42. The van der Waals surface area contributed by atoms with Gasteiger partial charge < -0.3 is 14.5 Å². The van der Waals surface area contributed by atoms with E-state index in [4.69, 9.17) is 4.74 Å². The molecule has 0 radical (unpaired) electrons. The summed E-state index contributed by atoms with van der Waals surface area (Å²) >= 11 is 0. The lowest BCUT2D eigenvalue weighted by Crippen LogP contribution is -2.47. The van der Waals surface area contributed by atoms with Crippen LogP contribution in [0.25, 0.3) is 0 Å². The van der Waals surface area contributed by atoms with Gasteiger partial charge >= 0.3 is 12.1 Å². The van der Waals surface area contributed by atoms with Crippen LogP contribution in [0.5, 0.6) is 5.75 Å². The molecule has 1 aliphatic rings. The lowest BCUT2D eigenvalue weighted by molar-refractivity contribution is -0.187. The van der Waals surface area contributed by atoms with E-state index in [-0.39, 0.29) is 37.8 Å². The van der Waals surface area contributed by atoms with Crippen molar-refractivity contribution < 1.29 is 27.5 Å². The van der Waals surface area contributed by atoms with E-state index in [1.165, 1.54) is 0 Å². The van der Waals surface area contributed by atoms with Crippen molar-refractivity contribution in [3.63, 3.8) is 0 Å². The van der Waals surface area contributed by atoms with Crippen molar-refractivity contribution >= 4 is 11.8 Å². The first-order valence-electron chi connectivity index (χ1n) is 8.46. The molecule has 0 aromatic heterocycles. The lowest BCUT2D eigenvalue weighted by atomic mass is 9.95. The lowest BCUT2D eigenvalue weighted by Gasteiger charge is -2.33. The molecule has 2 rings (SSSR count). The van der Waals surface area contributed by atoms with Gasteiger partial charge in [-0.3, -0.25) is 9.59 Å². The van der Waals surface area contributed by atoms with Gasteiger partial charge in [0.25, 0.3) is 0 Å². The summed E-state index contributed by atoms with van der Waals surface area (Å²) in [5, 5.41) is 0. The van der Waals surface area contributed by atoms with Crippen molar-refractivity contribution in [1.82, 2.24) is 9.80 Å². The van der Waals surface area contributed by atoms with E-state index in [1.807, 2.05) is 24.3 Å². The first kappa shape index (κ1) is 20.1. The standard InChI is InChI=1S/C18H23F3N2O3/c1-22(10-7-13-3-5-15(26-2)6-4-13)16(24)14-8-11-23(12-9-14)17(25)18(19,20)21/h3-6,14H,7-12H2,1-2H3. The molecule has 0 bridgehead atoms. The molecule has 5 nitrogen and oxygen atoms in total. The highest BCUT2D eigenvalue weighted by Gasteiger charge is 2.43. The highest BCUT2D eigenvalue weighted by Crippen LogP contribution is 2.25. The van der Waals surface area contributed by atoms with Crippen molar-refractivity contribution in [2.24, 2.45) is 5.92 Å². The van der Waals surface area contributed by atoms with Crippen LogP contribution in [0, 0.1) is 5.92 Å². The summed E-state index contributed by atoms with van der Waals surface area (Å²) in [5.41, 5.74) is 1.07. The maximum atomic E-state index is 12.5. The minimum atomic E-state index is -4.86. The molecule has 0 spiro atoms. The van der Waals surface area contributed by atoms with E-state index in [9.17, 15) is 22.8 Å². The van der Waals surface area contributed by atoms with E-state index in [0.717, 1.165) is 16.2 Å². The molecule has 0 aliphatic carbocycles. The minimum absolute atomic E-state index is 0.0406. The number of likely N-dealkylation sites (N-methyl/N-ethyl adjacent to an activating group) is 1. The molecule has 144 valence electrons. The van der Waals surface area contributed by atoms with Gasteiger partial charge in [0.05, 0.1) is 7.11 Å². The van der Waals surface area contributed by atoms with Gasteiger partial charge in [0.1, 0.15) is 5.75 Å². The summed E-state index contributed by atoms with van der Waals surface area (Å²) in [5.74, 6) is -1.49. The molecule has 2 amide bonds. The number of ether oxygens (including phenoxy) is 1. The zero-order chi connectivity index (χ0) is 19.3. The van der Waals surface area contributed by atoms with E-state index in [2.05, 4.69) is 0 Å². The predicted molar refractivity (Wildman–Crippen MR) is 89.7 cm³/mol. The van der Waals surface area contributed by atoms with Crippen LogP contribution in [0.1, 0.15) is 18.4 Å². The summed E-state index contributed by atoms with van der Waals surface area (Å²) < 4.78 is 42.5.